The number of nitrogens with one attached hydrogen (secondary N) is 1. The standard InChI is InChI=1S/C21H27BrN4O2/c1-14-6-5-7-15(2)21(14)26-16(3)18(20(22)17(26)4)12-23-24-19(27)13-25-8-10-28-11-9-25/h5-7,12H,8-11,13H2,1-4H3,(H,24,27)/b23-12-. The number of amides is 1. The Hall–Kier alpha value is -1.96. The first-order valence-corrected chi connectivity index (χ1v) is 10.3. The molecule has 1 N–H and O–H groups in total. The van der Waals surface area contributed by atoms with Crippen LogP contribution in [0.2, 0.25) is 0 Å². The van der Waals surface area contributed by atoms with Crippen LogP contribution in [0.1, 0.15) is 28.1 Å². The Morgan fingerprint density at radius 3 is 2.46 bits per heavy atom. The van der Waals surface area contributed by atoms with Gasteiger partial charge in [0.1, 0.15) is 0 Å². The van der Waals surface area contributed by atoms with Gasteiger partial charge in [0.05, 0.1) is 31.7 Å². The van der Waals surface area contributed by atoms with Gasteiger partial charge in [0.15, 0.2) is 0 Å². The van der Waals surface area contributed by atoms with Crippen LogP contribution in [-0.2, 0) is 9.53 Å². The molecular formula is C21H27BrN4O2. The highest BCUT2D eigenvalue weighted by atomic mass is 79.9. The summed E-state index contributed by atoms with van der Waals surface area (Å²) in [6.07, 6.45) is 1.72. The number of aryl methyl sites for hydroxylation is 2. The summed E-state index contributed by atoms with van der Waals surface area (Å²) < 4.78 is 8.53. The summed E-state index contributed by atoms with van der Waals surface area (Å²) in [7, 11) is 0. The molecule has 7 heteroatoms. The van der Waals surface area contributed by atoms with Gasteiger partial charge in [-0.25, -0.2) is 5.43 Å². The van der Waals surface area contributed by atoms with Crippen molar-refractivity contribution >= 4 is 28.1 Å². The Morgan fingerprint density at radius 1 is 1.18 bits per heavy atom. The molecule has 0 saturated carbocycles. The number of halogens is 1. The predicted octanol–water partition coefficient (Wildman–Crippen LogP) is 3.26. The summed E-state index contributed by atoms with van der Waals surface area (Å²) in [6.45, 7) is 11.6. The lowest BCUT2D eigenvalue weighted by atomic mass is 10.1. The molecule has 2 aromatic rings. The minimum absolute atomic E-state index is 0.113. The van der Waals surface area contributed by atoms with Crippen molar-refractivity contribution in [3.05, 3.63) is 50.8 Å². The van der Waals surface area contributed by atoms with Gasteiger partial charge in [-0.2, -0.15) is 5.10 Å². The minimum Gasteiger partial charge on any atom is -0.379 e. The first-order chi connectivity index (χ1) is 13.4. The maximum absolute atomic E-state index is 12.1. The number of ether oxygens (including phenoxy) is 1. The largest absolute Gasteiger partial charge is 0.379 e. The van der Waals surface area contributed by atoms with E-state index in [0.29, 0.717) is 19.8 Å². The first-order valence-electron chi connectivity index (χ1n) is 9.46. The van der Waals surface area contributed by atoms with Gasteiger partial charge in [0.25, 0.3) is 5.91 Å². The monoisotopic (exact) mass is 446 g/mol. The number of hydrogen-bond donors (Lipinski definition) is 1. The highest BCUT2D eigenvalue weighted by molar-refractivity contribution is 9.10. The van der Waals surface area contributed by atoms with E-state index in [9.17, 15) is 4.79 Å². The normalized spacial score (nSPS) is 15.3. The van der Waals surface area contributed by atoms with Gasteiger partial charge < -0.3 is 9.30 Å². The molecule has 1 aliphatic heterocycles. The summed E-state index contributed by atoms with van der Waals surface area (Å²) in [4.78, 5) is 14.2. The third kappa shape index (κ3) is 4.37. The molecule has 0 radical (unpaired) electrons. The van der Waals surface area contributed by atoms with Crippen LogP contribution in [0.3, 0.4) is 0 Å². The molecule has 0 spiro atoms. The number of carbonyl (C=O) groups is 1. The van der Waals surface area contributed by atoms with Crippen LogP contribution < -0.4 is 5.43 Å². The van der Waals surface area contributed by atoms with Crippen molar-refractivity contribution in [2.24, 2.45) is 5.10 Å². The van der Waals surface area contributed by atoms with Gasteiger partial charge >= 0.3 is 0 Å². The molecule has 2 heterocycles. The molecule has 0 unspecified atom stereocenters. The number of morpholine rings is 1. The zero-order valence-electron chi connectivity index (χ0n) is 16.9. The topological polar surface area (TPSA) is 58.9 Å². The Balaban J connectivity index is 1.78. The summed E-state index contributed by atoms with van der Waals surface area (Å²) in [5.74, 6) is -0.113. The number of carbonyl (C=O) groups excluding carboxylic acids is 1. The van der Waals surface area contributed by atoms with Gasteiger partial charge in [-0.3, -0.25) is 9.69 Å². The molecule has 6 nitrogen and oxygen atoms in total. The van der Waals surface area contributed by atoms with Gasteiger partial charge in [-0.05, 0) is 54.8 Å². The Kier molecular flexibility index (Phi) is 6.69. The van der Waals surface area contributed by atoms with Gasteiger partial charge in [0, 0.05) is 34.5 Å². The fourth-order valence-electron chi connectivity index (χ4n) is 3.63. The van der Waals surface area contributed by atoms with Crippen molar-refractivity contribution in [2.75, 3.05) is 32.8 Å². The molecule has 28 heavy (non-hydrogen) atoms. The number of benzene rings is 1. The smallest absolute Gasteiger partial charge is 0.254 e. The van der Waals surface area contributed by atoms with E-state index in [-0.39, 0.29) is 5.91 Å². The molecular weight excluding hydrogens is 420 g/mol. The van der Waals surface area contributed by atoms with E-state index in [2.05, 4.69) is 81.8 Å². The SMILES string of the molecule is Cc1cccc(C)c1-n1c(C)c(Br)c(/C=N\NC(=O)CN2CCOCC2)c1C. The van der Waals surface area contributed by atoms with E-state index >= 15 is 0 Å². The van der Waals surface area contributed by atoms with E-state index in [0.717, 1.165) is 34.5 Å². The van der Waals surface area contributed by atoms with Crippen LogP contribution in [0.25, 0.3) is 5.69 Å². The van der Waals surface area contributed by atoms with Crippen molar-refractivity contribution in [2.45, 2.75) is 27.7 Å². The Bertz CT molecular complexity index is 878. The summed E-state index contributed by atoms with van der Waals surface area (Å²) >= 11 is 3.70. The van der Waals surface area contributed by atoms with Crippen LogP contribution in [0.4, 0.5) is 0 Å². The number of para-hydroxylation sites is 1. The van der Waals surface area contributed by atoms with Crippen molar-refractivity contribution < 1.29 is 9.53 Å². The summed E-state index contributed by atoms with van der Waals surface area (Å²) in [6, 6.07) is 6.31. The third-order valence-electron chi connectivity index (χ3n) is 5.13. The van der Waals surface area contributed by atoms with Crippen molar-refractivity contribution in [3.63, 3.8) is 0 Å². The molecule has 3 rings (SSSR count). The Labute approximate surface area is 174 Å². The lowest BCUT2D eigenvalue weighted by Crippen LogP contribution is -2.42. The number of rotatable bonds is 5. The van der Waals surface area contributed by atoms with Crippen LogP contribution in [0, 0.1) is 27.7 Å². The van der Waals surface area contributed by atoms with Gasteiger partial charge in [-0.1, -0.05) is 18.2 Å². The lowest BCUT2D eigenvalue weighted by molar-refractivity contribution is -0.123. The van der Waals surface area contributed by atoms with Crippen molar-refractivity contribution in [1.29, 1.82) is 0 Å². The van der Waals surface area contributed by atoms with E-state index in [1.54, 1.807) is 6.21 Å². The lowest BCUT2D eigenvalue weighted by Gasteiger charge is -2.25. The van der Waals surface area contributed by atoms with Crippen molar-refractivity contribution in [1.82, 2.24) is 14.9 Å². The van der Waals surface area contributed by atoms with E-state index in [4.69, 9.17) is 4.74 Å². The average molecular weight is 447 g/mol. The Morgan fingerprint density at radius 2 is 1.82 bits per heavy atom. The zero-order chi connectivity index (χ0) is 20.3. The fraction of sp³-hybridized carbons (Fsp3) is 0.429. The average Bonchev–Trinajstić information content (AvgIpc) is 2.87. The molecule has 150 valence electrons. The van der Waals surface area contributed by atoms with Crippen LogP contribution >= 0.6 is 15.9 Å². The van der Waals surface area contributed by atoms with Crippen LogP contribution in [0.5, 0.6) is 0 Å². The van der Waals surface area contributed by atoms with Gasteiger partial charge in [-0.15, -0.1) is 0 Å². The van der Waals surface area contributed by atoms with Crippen LogP contribution in [0.15, 0.2) is 27.8 Å². The van der Waals surface area contributed by atoms with E-state index in [1.165, 1.54) is 16.8 Å². The third-order valence-corrected chi connectivity index (χ3v) is 6.13. The molecule has 1 aromatic carbocycles. The fourth-order valence-corrected chi connectivity index (χ4v) is 4.20. The molecule has 0 atom stereocenters. The number of nitrogens with zero attached hydrogens (tertiary/aromatic N) is 3. The van der Waals surface area contributed by atoms with Crippen molar-refractivity contribution in [3.8, 4) is 5.69 Å². The molecule has 1 fully saturated rings. The second-order valence-electron chi connectivity index (χ2n) is 7.16. The zero-order valence-corrected chi connectivity index (χ0v) is 18.5. The van der Waals surface area contributed by atoms with E-state index in [1.807, 2.05) is 0 Å². The highest BCUT2D eigenvalue weighted by Crippen LogP contribution is 2.32. The molecule has 0 bridgehead atoms. The molecule has 1 aliphatic rings. The molecule has 1 saturated heterocycles. The van der Waals surface area contributed by atoms with Crippen LogP contribution in [-0.4, -0.2) is 54.4 Å². The predicted molar refractivity (Wildman–Crippen MR) is 115 cm³/mol. The maximum Gasteiger partial charge on any atom is 0.254 e. The number of hydrogen-bond acceptors (Lipinski definition) is 4. The molecule has 1 aromatic heterocycles. The quantitative estimate of drug-likeness (QED) is 0.566. The van der Waals surface area contributed by atoms with E-state index < -0.39 is 0 Å². The summed E-state index contributed by atoms with van der Waals surface area (Å²) in [5, 5.41) is 4.20. The number of hydrazone groups is 1. The summed E-state index contributed by atoms with van der Waals surface area (Å²) in [5.41, 5.74) is 9.42. The first kappa shape index (κ1) is 20.8. The minimum atomic E-state index is -0.113. The maximum atomic E-state index is 12.1. The molecule has 0 aliphatic carbocycles. The highest BCUT2D eigenvalue weighted by Gasteiger charge is 2.18. The molecule has 1 amide bonds. The number of aromatic nitrogens is 1. The van der Waals surface area contributed by atoms with Gasteiger partial charge in [0.2, 0.25) is 0 Å². The second kappa shape index (κ2) is 9.03. The second-order valence-corrected chi connectivity index (χ2v) is 7.95.